The fourth-order valence-corrected chi connectivity index (χ4v) is 2.61. The Bertz CT molecular complexity index is 558. The fraction of sp³-hybridized carbons (Fsp3) is 0.500. The largest absolute Gasteiger partial charge is 0.466 e. The van der Waals surface area contributed by atoms with Crippen LogP contribution in [0.25, 0.3) is 6.08 Å². The molecule has 0 radical (unpaired) electrons. The molecule has 1 aromatic heterocycles. The molecule has 4 heteroatoms. The molecule has 1 N–H and O–H groups in total. The zero-order valence-corrected chi connectivity index (χ0v) is 12.0. The number of amides is 1. The highest BCUT2D eigenvalue weighted by atomic mass is 16.3. The van der Waals surface area contributed by atoms with Gasteiger partial charge in [0.25, 0.3) is 5.91 Å². The lowest BCUT2D eigenvalue weighted by molar-refractivity contribution is -0.117. The van der Waals surface area contributed by atoms with E-state index >= 15 is 0 Å². The number of carbonyl (C=O) groups excluding carboxylic acids is 1. The summed E-state index contributed by atoms with van der Waals surface area (Å²) in [7, 11) is 0. The van der Waals surface area contributed by atoms with Gasteiger partial charge in [0.05, 0.1) is 0 Å². The highest BCUT2D eigenvalue weighted by molar-refractivity contribution is 6.01. The lowest BCUT2D eigenvalue weighted by Crippen LogP contribution is -2.36. The monoisotopic (exact) mass is 272 g/mol. The summed E-state index contributed by atoms with van der Waals surface area (Å²) in [5.74, 6) is 1.22. The quantitative estimate of drug-likeness (QED) is 0.678. The lowest BCUT2D eigenvalue weighted by Gasteiger charge is -2.22. The molecule has 2 rings (SSSR count). The number of hydrogen-bond donors (Lipinski definition) is 1. The van der Waals surface area contributed by atoms with Gasteiger partial charge < -0.3 is 9.73 Å². The van der Waals surface area contributed by atoms with Crippen molar-refractivity contribution in [2.75, 3.05) is 0 Å². The van der Waals surface area contributed by atoms with Crippen molar-refractivity contribution in [1.82, 2.24) is 5.32 Å². The summed E-state index contributed by atoms with van der Waals surface area (Å²) in [4.78, 5) is 12.1. The first-order valence-electron chi connectivity index (χ1n) is 7.10. The summed E-state index contributed by atoms with van der Waals surface area (Å²) in [6.07, 6.45) is 7.15. The second-order valence-electron chi connectivity index (χ2n) is 5.35. The van der Waals surface area contributed by atoms with E-state index in [1.165, 1.54) is 6.42 Å². The van der Waals surface area contributed by atoms with Crippen LogP contribution in [0.4, 0.5) is 0 Å². The van der Waals surface area contributed by atoms with Crippen LogP contribution in [0.1, 0.15) is 49.2 Å². The third-order valence-corrected chi connectivity index (χ3v) is 3.68. The van der Waals surface area contributed by atoms with Crippen molar-refractivity contribution in [2.24, 2.45) is 0 Å². The molecule has 0 atom stereocenters. The van der Waals surface area contributed by atoms with Crippen LogP contribution in [0.15, 0.2) is 16.1 Å². The molecule has 1 aliphatic carbocycles. The molecule has 20 heavy (non-hydrogen) atoms. The first-order chi connectivity index (χ1) is 9.60. The minimum Gasteiger partial charge on any atom is -0.466 e. The standard InChI is InChI=1S/C16H20N2O2/c1-11-8-13(12(2)20-11)9-14(10-17)16(19)18-15-6-4-3-5-7-15/h8-9,15H,3-7H2,1-2H3,(H,18,19)/b14-9-. The van der Waals surface area contributed by atoms with E-state index in [1.807, 2.05) is 26.0 Å². The summed E-state index contributed by atoms with van der Waals surface area (Å²) in [6.45, 7) is 3.67. The zero-order valence-electron chi connectivity index (χ0n) is 12.0. The molecule has 4 nitrogen and oxygen atoms in total. The molecule has 0 bridgehead atoms. The Morgan fingerprint density at radius 1 is 1.40 bits per heavy atom. The van der Waals surface area contributed by atoms with Crippen molar-refractivity contribution in [1.29, 1.82) is 5.26 Å². The van der Waals surface area contributed by atoms with Gasteiger partial charge in [0.1, 0.15) is 23.2 Å². The van der Waals surface area contributed by atoms with Gasteiger partial charge in [-0.3, -0.25) is 4.79 Å². The second-order valence-corrected chi connectivity index (χ2v) is 5.35. The molecular formula is C16H20N2O2. The van der Waals surface area contributed by atoms with Gasteiger partial charge in [-0.25, -0.2) is 0 Å². The molecule has 1 heterocycles. The summed E-state index contributed by atoms with van der Waals surface area (Å²) >= 11 is 0. The van der Waals surface area contributed by atoms with Crippen molar-refractivity contribution in [3.63, 3.8) is 0 Å². The Morgan fingerprint density at radius 2 is 2.10 bits per heavy atom. The van der Waals surface area contributed by atoms with Gasteiger partial charge in [-0.1, -0.05) is 19.3 Å². The molecule has 1 aromatic rings. The highest BCUT2D eigenvalue weighted by Gasteiger charge is 2.18. The van der Waals surface area contributed by atoms with Crippen LogP contribution in [0.3, 0.4) is 0 Å². The third-order valence-electron chi connectivity index (χ3n) is 3.68. The van der Waals surface area contributed by atoms with Crippen LogP contribution in [0, 0.1) is 25.2 Å². The Morgan fingerprint density at radius 3 is 2.65 bits per heavy atom. The lowest BCUT2D eigenvalue weighted by atomic mass is 9.95. The first kappa shape index (κ1) is 14.4. The second kappa shape index (κ2) is 6.42. The van der Waals surface area contributed by atoms with Crippen molar-refractivity contribution >= 4 is 12.0 Å². The average Bonchev–Trinajstić information content (AvgIpc) is 2.75. The number of nitrogens with one attached hydrogen (secondary N) is 1. The number of nitriles is 1. The van der Waals surface area contributed by atoms with E-state index in [2.05, 4.69) is 5.32 Å². The molecule has 0 saturated heterocycles. The number of rotatable bonds is 3. The van der Waals surface area contributed by atoms with Crippen molar-refractivity contribution < 1.29 is 9.21 Å². The normalized spacial score (nSPS) is 16.8. The van der Waals surface area contributed by atoms with Crippen LogP contribution >= 0.6 is 0 Å². The topological polar surface area (TPSA) is 66.0 Å². The SMILES string of the molecule is Cc1cc(/C=C(/C#N)C(=O)NC2CCCCC2)c(C)o1. The van der Waals surface area contributed by atoms with Crippen LogP contribution in [-0.2, 0) is 4.79 Å². The Labute approximate surface area is 119 Å². The van der Waals surface area contributed by atoms with Crippen LogP contribution in [-0.4, -0.2) is 11.9 Å². The molecule has 0 aliphatic heterocycles. The smallest absolute Gasteiger partial charge is 0.262 e. The van der Waals surface area contributed by atoms with Gasteiger partial charge in [0.2, 0.25) is 0 Å². The van der Waals surface area contributed by atoms with Crippen molar-refractivity contribution in [3.8, 4) is 6.07 Å². The number of nitrogens with zero attached hydrogens (tertiary/aromatic N) is 1. The van der Waals surface area contributed by atoms with E-state index in [0.717, 1.165) is 42.8 Å². The number of furan rings is 1. The average molecular weight is 272 g/mol. The first-order valence-corrected chi connectivity index (χ1v) is 7.10. The summed E-state index contributed by atoms with van der Waals surface area (Å²) in [6, 6.07) is 4.03. The fourth-order valence-electron chi connectivity index (χ4n) is 2.61. The summed E-state index contributed by atoms with van der Waals surface area (Å²) in [5.41, 5.74) is 0.928. The van der Waals surface area contributed by atoms with Gasteiger partial charge in [-0.15, -0.1) is 0 Å². The van der Waals surface area contributed by atoms with Gasteiger partial charge in [-0.05, 0) is 38.8 Å². The van der Waals surface area contributed by atoms with E-state index < -0.39 is 0 Å². The molecule has 0 spiro atoms. The van der Waals surface area contributed by atoms with Gasteiger partial charge in [0, 0.05) is 11.6 Å². The maximum Gasteiger partial charge on any atom is 0.262 e. The van der Waals surface area contributed by atoms with E-state index in [9.17, 15) is 10.1 Å². The van der Waals surface area contributed by atoms with Gasteiger partial charge in [0.15, 0.2) is 0 Å². The van der Waals surface area contributed by atoms with E-state index in [-0.39, 0.29) is 17.5 Å². The summed E-state index contributed by atoms with van der Waals surface area (Å²) in [5, 5.41) is 12.1. The molecule has 1 saturated carbocycles. The zero-order chi connectivity index (χ0) is 14.5. The minimum absolute atomic E-state index is 0.138. The molecule has 1 amide bonds. The van der Waals surface area contributed by atoms with Crippen LogP contribution < -0.4 is 5.32 Å². The predicted molar refractivity (Wildman–Crippen MR) is 76.8 cm³/mol. The number of aryl methyl sites for hydroxylation is 2. The molecule has 106 valence electrons. The molecule has 0 aromatic carbocycles. The molecular weight excluding hydrogens is 252 g/mol. The third kappa shape index (κ3) is 3.51. The van der Waals surface area contributed by atoms with E-state index in [1.54, 1.807) is 6.08 Å². The van der Waals surface area contributed by atoms with Crippen molar-refractivity contribution in [3.05, 3.63) is 28.7 Å². The number of hydrogen-bond acceptors (Lipinski definition) is 3. The van der Waals surface area contributed by atoms with Gasteiger partial charge >= 0.3 is 0 Å². The predicted octanol–water partition coefficient (Wildman–Crippen LogP) is 3.25. The Balaban J connectivity index is 2.09. The molecule has 1 fully saturated rings. The van der Waals surface area contributed by atoms with E-state index in [0.29, 0.717) is 0 Å². The molecule has 1 aliphatic rings. The Kier molecular flexibility index (Phi) is 4.62. The Hall–Kier alpha value is -2.02. The van der Waals surface area contributed by atoms with E-state index in [4.69, 9.17) is 4.42 Å². The van der Waals surface area contributed by atoms with Crippen LogP contribution in [0.2, 0.25) is 0 Å². The molecule has 0 unspecified atom stereocenters. The van der Waals surface area contributed by atoms with Gasteiger partial charge in [-0.2, -0.15) is 5.26 Å². The van der Waals surface area contributed by atoms with Crippen LogP contribution in [0.5, 0.6) is 0 Å². The summed E-state index contributed by atoms with van der Waals surface area (Å²) < 4.78 is 5.40. The maximum atomic E-state index is 12.1. The highest BCUT2D eigenvalue weighted by Crippen LogP contribution is 2.19. The minimum atomic E-state index is -0.280. The number of carbonyl (C=O) groups is 1. The van der Waals surface area contributed by atoms with Crippen molar-refractivity contribution in [2.45, 2.75) is 52.0 Å². The maximum absolute atomic E-state index is 12.1.